The standard InChI is InChI=1S/C10H11Br2NO3.ClH/c1-16-8(14)4-7(13)9-5(11)2-3-6(12)10(9)15;/h2-3,7,15H,4,13H2,1H3;1H/t7-;/m1./s1. The Morgan fingerprint density at radius 2 is 2.00 bits per heavy atom. The van der Waals surface area contributed by atoms with E-state index in [2.05, 4.69) is 36.6 Å². The minimum Gasteiger partial charge on any atom is -0.506 e. The fourth-order valence-electron chi connectivity index (χ4n) is 1.27. The Morgan fingerprint density at radius 3 is 2.53 bits per heavy atom. The quantitative estimate of drug-likeness (QED) is 0.780. The van der Waals surface area contributed by atoms with Crippen LogP contribution in [0.25, 0.3) is 0 Å². The Balaban J connectivity index is 0.00000256. The van der Waals surface area contributed by atoms with Gasteiger partial charge in [-0.2, -0.15) is 0 Å². The Kier molecular flexibility index (Phi) is 7.08. The average molecular weight is 389 g/mol. The molecule has 1 atom stereocenters. The number of halogens is 3. The number of nitrogens with two attached hydrogens (primary N) is 1. The molecule has 96 valence electrons. The largest absolute Gasteiger partial charge is 0.506 e. The van der Waals surface area contributed by atoms with Crippen LogP contribution in [0, 0.1) is 0 Å². The van der Waals surface area contributed by atoms with Crippen molar-refractivity contribution in [2.75, 3.05) is 7.11 Å². The highest BCUT2D eigenvalue weighted by atomic mass is 79.9. The van der Waals surface area contributed by atoms with Gasteiger partial charge in [0.2, 0.25) is 0 Å². The van der Waals surface area contributed by atoms with Gasteiger partial charge in [-0.05, 0) is 28.1 Å². The maximum absolute atomic E-state index is 11.1. The Labute approximate surface area is 122 Å². The molecule has 0 aliphatic carbocycles. The van der Waals surface area contributed by atoms with Gasteiger partial charge in [0, 0.05) is 16.1 Å². The molecular weight excluding hydrogens is 377 g/mol. The van der Waals surface area contributed by atoms with E-state index in [9.17, 15) is 9.90 Å². The van der Waals surface area contributed by atoms with Crippen LogP contribution in [0.3, 0.4) is 0 Å². The molecule has 17 heavy (non-hydrogen) atoms. The predicted octanol–water partition coefficient (Wildman–Crippen LogP) is 2.90. The predicted molar refractivity (Wildman–Crippen MR) is 74.3 cm³/mol. The van der Waals surface area contributed by atoms with Crippen LogP contribution in [0.2, 0.25) is 0 Å². The third-order valence-electron chi connectivity index (χ3n) is 2.10. The molecule has 3 N–H and O–H groups in total. The third kappa shape index (κ3) is 4.13. The van der Waals surface area contributed by atoms with Crippen LogP contribution < -0.4 is 5.73 Å². The van der Waals surface area contributed by atoms with E-state index in [4.69, 9.17) is 5.73 Å². The van der Waals surface area contributed by atoms with Gasteiger partial charge in [0.25, 0.3) is 0 Å². The van der Waals surface area contributed by atoms with Crippen molar-refractivity contribution in [1.82, 2.24) is 0 Å². The van der Waals surface area contributed by atoms with E-state index < -0.39 is 12.0 Å². The van der Waals surface area contributed by atoms with Crippen molar-refractivity contribution in [3.8, 4) is 5.75 Å². The van der Waals surface area contributed by atoms with Gasteiger partial charge in [-0.1, -0.05) is 15.9 Å². The van der Waals surface area contributed by atoms with E-state index in [0.29, 0.717) is 14.5 Å². The molecular formula is C10H12Br2ClNO3. The summed E-state index contributed by atoms with van der Waals surface area (Å²) in [5.74, 6) is -0.385. The first-order chi connectivity index (χ1) is 7.47. The van der Waals surface area contributed by atoms with Crippen molar-refractivity contribution in [2.24, 2.45) is 5.73 Å². The Morgan fingerprint density at radius 1 is 1.47 bits per heavy atom. The molecule has 0 saturated carbocycles. The molecule has 1 aromatic rings. The van der Waals surface area contributed by atoms with Crippen molar-refractivity contribution in [2.45, 2.75) is 12.5 Å². The highest BCUT2D eigenvalue weighted by molar-refractivity contribution is 9.11. The van der Waals surface area contributed by atoms with E-state index in [0.717, 1.165) is 0 Å². The molecule has 7 heteroatoms. The molecule has 0 bridgehead atoms. The fourth-order valence-corrected chi connectivity index (χ4v) is 2.23. The van der Waals surface area contributed by atoms with Gasteiger partial charge in [-0.15, -0.1) is 12.4 Å². The van der Waals surface area contributed by atoms with Crippen molar-refractivity contribution >= 4 is 50.2 Å². The second-order valence-corrected chi connectivity index (χ2v) is 4.89. The number of carbonyl (C=O) groups is 1. The molecule has 0 unspecified atom stereocenters. The molecule has 0 aromatic heterocycles. The van der Waals surface area contributed by atoms with Crippen LogP contribution in [0.1, 0.15) is 18.0 Å². The lowest BCUT2D eigenvalue weighted by molar-refractivity contribution is -0.141. The summed E-state index contributed by atoms with van der Waals surface area (Å²) >= 11 is 6.47. The van der Waals surface area contributed by atoms with Gasteiger partial charge in [-0.25, -0.2) is 0 Å². The summed E-state index contributed by atoms with van der Waals surface area (Å²) in [7, 11) is 1.30. The van der Waals surface area contributed by atoms with Crippen LogP contribution in [0.4, 0.5) is 0 Å². The zero-order chi connectivity index (χ0) is 12.3. The van der Waals surface area contributed by atoms with Gasteiger partial charge in [0.15, 0.2) is 0 Å². The SMILES string of the molecule is COC(=O)C[C@@H](N)c1c(Br)ccc(Br)c1O.Cl. The molecule has 0 saturated heterocycles. The van der Waals surface area contributed by atoms with Crippen molar-refractivity contribution in [3.05, 3.63) is 26.6 Å². The number of benzene rings is 1. The number of ether oxygens (including phenoxy) is 1. The van der Waals surface area contributed by atoms with Crippen LogP contribution in [0.15, 0.2) is 21.1 Å². The van der Waals surface area contributed by atoms with Gasteiger partial charge in [0.1, 0.15) is 5.75 Å². The number of esters is 1. The normalized spacial score (nSPS) is 11.5. The number of hydrogen-bond donors (Lipinski definition) is 2. The highest BCUT2D eigenvalue weighted by Gasteiger charge is 2.19. The minimum absolute atomic E-state index is 0. The minimum atomic E-state index is -0.612. The zero-order valence-electron chi connectivity index (χ0n) is 8.94. The van der Waals surface area contributed by atoms with Crippen LogP contribution in [-0.4, -0.2) is 18.2 Å². The third-order valence-corrected chi connectivity index (χ3v) is 3.43. The van der Waals surface area contributed by atoms with Crippen LogP contribution in [0.5, 0.6) is 5.75 Å². The molecule has 0 aliphatic rings. The number of carbonyl (C=O) groups excluding carboxylic acids is 1. The summed E-state index contributed by atoms with van der Waals surface area (Å²) in [4.78, 5) is 11.1. The summed E-state index contributed by atoms with van der Waals surface area (Å²) in [5.41, 5.74) is 6.32. The first-order valence-corrected chi connectivity index (χ1v) is 6.05. The van der Waals surface area contributed by atoms with E-state index in [1.54, 1.807) is 12.1 Å². The second-order valence-electron chi connectivity index (χ2n) is 3.18. The number of aromatic hydroxyl groups is 1. The van der Waals surface area contributed by atoms with Crippen molar-refractivity contribution < 1.29 is 14.6 Å². The maximum Gasteiger partial charge on any atom is 0.307 e. The lowest BCUT2D eigenvalue weighted by Crippen LogP contribution is -2.17. The van der Waals surface area contributed by atoms with Gasteiger partial charge < -0.3 is 15.6 Å². The van der Waals surface area contributed by atoms with E-state index in [1.165, 1.54) is 7.11 Å². The molecule has 0 aliphatic heterocycles. The summed E-state index contributed by atoms with van der Waals surface area (Å²) < 4.78 is 5.72. The summed E-state index contributed by atoms with van der Waals surface area (Å²) in [6.07, 6.45) is 0.0130. The lowest BCUT2D eigenvalue weighted by atomic mass is 10.0. The monoisotopic (exact) mass is 387 g/mol. The highest BCUT2D eigenvalue weighted by Crippen LogP contribution is 2.37. The van der Waals surface area contributed by atoms with Crippen LogP contribution in [-0.2, 0) is 9.53 Å². The maximum atomic E-state index is 11.1. The topological polar surface area (TPSA) is 72.5 Å². The molecule has 1 rings (SSSR count). The summed E-state index contributed by atoms with van der Waals surface area (Å²) in [6.45, 7) is 0. The van der Waals surface area contributed by atoms with E-state index in [-0.39, 0.29) is 24.6 Å². The molecule has 0 fully saturated rings. The zero-order valence-corrected chi connectivity index (χ0v) is 12.9. The van der Waals surface area contributed by atoms with Crippen LogP contribution >= 0.6 is 44.3 Å². The Bertz CT molecular complexity index is 415. The fraction of sp³-hybridized carbons (Fsp3) is 0.300. The number of phenols is 1. The number of rotatable bonds is 3. The first kappa shape index (κ1) is 16.7. The van der Waals surface area contributed by atoms with E-state index in [1.807, 2.05) is 0 Å². The summed E-state index contributed by atoms with van der Waals surface area (Å²) in [5, 5.41) is 9.83. The molecule has 4 nitrogen and oxygen atoms in total. The van der Waals surface area contributed by atoms with Gasteiger partial charge in [0.05, 0.1) is 18.0 Å². The molecule has 0 radical (unpaired) electrons. The summed E-state index contributed by atoms with van der Waals surface area (Å²) in [6, 6.07) is 2.82. The van der Waals surface area contributed by atoms with Gasteiger partial charge >= 0.3 is 5.97 Å². The lowest BCUT2D eigenvalue weighted by Gasteiger charge is -2.15. The number of hydrogen-bond acceptors (Lipinski definition) is 4. The molecule has 1 aromatic carbocycles. The van der Waals surface area contributed by atoms with Crippen molar-refractivity contribution in [3.63, 3.8) is 0 Å². The van der Waals surface area contributed by atoms with Gasteiger partial charge in [-0.3, -0.25) is 4.79 Å². The molecule has 0 amide bonds. The van der Waals surface area contributed by atoms with E-state index >= 15 is 0 Å². The smallest absolute Gasteiger partial charge is 0.307 e. The van der Waals surface area contributed by atoms with Crippen molar-refractivity contribution in [1.29, 1.82) is 0 Å². The average Bonchev–Trinajstić information content (AvgIpc) is 2.24. The molecule has 0 heterocycles. The Hall–Kier alpha value is -0.300. The second kappa shape index (κ2) is 7.20. The number of methoxy groups -OCH3 is 1. The number of phenolic OH excluding ortho intramolecular Hbond substituents is 1. The molecule has 0 spiro atoms. The first-order valence-electron chi connectivity index (χ1n) is 4.46.